The van der Waals surface area contributed by atoms with Gasteiger partial charge in [0.2, 0.25) is 0 Å². The fourth-order valence-corrected chi connectivity index (χ4v) is 3.11. The van der Waals surface area contributed by atoms with E-state index in [4.69, 9.17) is 10.5 Å². The fourth-order valence-electron chi connectivity index (χ4n) is 3.11. The molecule has 0 bridgehead atoms. The zero-order valence-electron chi connectivity index (χ0n) is 14.7. The van der Waals surface area contributed by atoms with E-state index >= 15 is 0 Å². The number of ether oxygens (including phenoxy) is 1. The van der Waals surface area contributed by atoms with Gasteiger partial charge in [-0.3, -0.25) is 9.69 Å². The molecule has 0 radical (unpaired) electrons. The maximum Gasteiger partial charge on any atom is 0.252 e. The van der Waals surface area contributed by atoms with Crippen LogP contribution >= 0.6 is 0 Å². The summed E-state index contributed by atoms with van der Waals surface area (Å²) >= 11 is 0. The van der Waals surface area contributed by atoms with Crippen molar-refractivity contribution in [1.29, 1.82) is 0 Å². The third-order valence-corrected chi connectivity index (χ3v) is 4.54. The van der Waals surface area contributed by atoms with Crippen molar-refractivity contribution in [3.05, 3.63) is 71.6 Å². The molecular weight excluding hydrogens is 331 g/mol. The van der Waals surface area contributed by atoms with Crippen molar-refractivity contribution in [3.8, 4) is 5.75 Å². The summed E-state index contributed by atoms with van der Waals surface area (Å²) < 4.78 is 18.7. The second-order valence-corrected chi connectivity index (χ2v) is 6.35. The minimum atomic E-state index is -0.477. The van der Waals surface area contributed by atoms with Crippen LogP contribution in [0.3, 0.4) is 0 Å². The quantitative estimate of drug-likeness (QED) is 0.775. The van der Waals surface area contributed by atoms with Crippen molar-refractivity contribution in [1.82, 2.24) is 4.90 Å². The van der Waals surface area contributed by atoms with Gasteiger partial charge in [-0.15, -0.1) is 0 Å². The number of nitrogens with two attached hydrogens (primary N) is 1. The molecule has 2 aromatic carbocycles. The Bertz CT molecular complexity index is 787. The van der Waals surface area contributed by atoms with E-state index in [1.807, 2.05) is 18.2 Å². The molecule has 2 N–H and O–H groups in total. The smallest absolute Gasteiger partial charge is 0.252 e. The van der Waals surface area contributed by atoms with E-state index < -0.39 is 5.91 Å². The van der Waals surface area contributed by atoms with Crippen LogP contribution in [0.5, 0.6) is 5.75 Å². The van der Waals surface area contributed by atoms with Crippen molar-refractivity contribution >= 4 is 11.5 Å². The van der Waals surface area contributed by atoms with Gasteiger partial charge in [0.25, 0.3) is 5.91 Å². The third kappa shape index (κ3) is 4.70. The summed E-state index contributed by atoms with van der Waals surface area (Å²) in [7, 11) is 0. The lowest BCUT2D eigenvalue weighted by molar-refractivity contribution is 0.0996. The molecule has 1 aliphatic rings. The lowest BCUT2D eigenvalue weighted by atomic mass is 9.99. The molecule has 5 heteroatoms. The lowest BCUT2D eigenvalue weighted by Crippen LogP contribution is -2.30. The Hall–Kier alpha value is -2.66. The van der Waals surface area contributed by atoms with Crippen LogP contribution in [0.2, 0.25) is 0 Å². The van der Waals surface area contributed by atoms with E-state index in [-0.39, 0.29) is 5.82 Å². The molecule has 0 saturated carbocycles. The fraction of sp³-hybridized carbons (Fsp3) is 0.286. The van der Waals surface area contributed by atoms with Crippen molar-refractivity contribution in [2.75, 3.05) is 26.2 Å². The number of carbonyl (C=O) groups is 1. The highest BCUT2D eigenvalue weighted by molar-refractivity contribution is 5.95. The molecule has 1 amide bonds. The maximum atomic E-state index is 13.0. The van der Waals surface area contributed by atoms with E-state index in [1.165, 1.54) is 17.7 Å². The van der Waals surface area contributed by atoms with E-state index in [9.17, 15) is 9.18 Å². The summed E-state index contributed by atoms with van der Waals surface area (Å²) in [5, 5.41) is 0. The summed E-state index contributed by atoms with van der Waals surface area (Å²) in [6.07, 6.45) is 4.03. The molecule has 0 fully saturated rings. The third-order valence-electron chi connectivity index (χ3n) is 4.54. The summed E-state index contributed by atoms with van der Waals surface area (Å²) in [5.41, 5.74) is 8.13. The largest absolute Gasteiger partial charge is 0.493 e. The topological polar surface area (TPSA) is 55.6 Å². The first-order chi connectivity index (χ1) is 12.6. The highest BCUT2D eigenvalue weighted by Crippen LogP contribution is 2.23. The van der Waals surface area contributed by atoms with Crippen LogP contribution in [0.4, 0.5) is 4.39 Å². The van der Waals surface area contributed by atoms with Crippen LogP contribution in [0.15, 0.2) is 54.6 Å². The monoisotopic (exact) mass is 354 g/mol. The Morgan fingerprint density at radius 3 is 2.62 bits per heavy atom. The molecular formula is C21H23FN2O2. The van der Waals surface area contributed by atoms with Gasteiger partial charge in [-0.1, -0.05) is 30.3 Å². The van der Waals surface area contributed by atoms with Crippen molar-refractivity contribution in [2.24, 2.45) is 5.73 Å². The Kier molecular flexibility index (Phi) is 6.02. The molecule has 1 heterocycles. The molecule has 0 saturated heterocycles. The number of amides is 1. The van der Waals surface area contributed by atoms with Gasteiger partial charge < -0.3 is 10.5 Å². The SMILES string of the molecule is NC(=O)c1ccccc1OCCCN1CC=C(c2ccc(F)cc2)CC1. The van der Waals surface area contributed by atoms with E-state index in [2.05, 4.69) is 11.0 Å². The van der Waals surface area contributed by atoms with Gasteiger partial charge in [0.15, 0.2) is 0 Å². The highest BCUT2D eigenvalue weighted by atomic mass is 19.1. The van der Waals surface area contributed by atoms with Gasteiger partial charge in [-0.25, -0.2) is 4.39 Å². The molecule has 1 aliphatic heterocycles. The zero-order chi connectivity index (χ0) is 18.4. The van der Waals surface area contributed by atoms with Crippen LogP contribution in [0.1, 0.15) is 28.8 Å². The Morgan fingerprint density at radius 1 is 1.15 bits per heavy atom. The molecule has 0 aromatic heterocycles. The number of nitrogens with zero attached hydrogens (tertiary/aromatic N) is 1. The summed E-state index contributed by atoms with van der Waals surface area (Å²) in [4.78, 5) is 13.7. The van der Waals surface area contributed by atoms with Crippen molar-refractivity contribution in [2.45, 2.75) is 12.8 Å². The number of primary amides is 1. The molecule has 26 heavy (non-hydrogen) atoms. The normalized spacial score (nSPS) is 14.7. The van der Waals surface area contributed by atoms with Crippen LogP contribution in [-0.4, -0.2) is 37.0 Å². The molecule has 0 aliphatic carbocycles. The van der Waals surface area contributed by atoms with Gasteiger partial charge in [0.1, 0.15) is 11.6 Å². The van der Waals surface area contributed by atoms with Gasteiger partial charge in [-0.2, -0.15) is 0 Å². The zero-order valence-corrected chi connectivity index (χ0v) is 14.7. The maximum absolute atomic E-state index is 13.0. The Balaban J connectivity index is 1.44. The average molecular weight is 354 g/mol. The number of halogens is 1. The summed E-state index contributed by atoms with van der Waals surface area (Å²) in [6.45, 7) is 3.31. The van der Waals surface area contributed by atoms with Crippen LogP contribution in [-0.2, 0) is 0 Å². The molecule has 0 unspecified atom stereocenters. The van der Waals surface area contributed by atoms with E-state index in [0.717, 1.165) is 38.0 Å². The van der Waals surface area contributed by atoms with Crippen LogP contribution < -0.4 is 10.5 Å². The lowest BCUT2D eigenvalue weighted by Gasteiger charge is -2.26. The number of rotatable bonds is 7. The van der Waals surface area contributed by atoms with E-state index in [0.29, 0.717) is 17.9 Å². The number of hydrogen-bond donors (Lipinski definition) is 1. The predicted octanol–water partition coefficient (Wildman–Crippen LogP) is 3.48. The van der Waals surface area contributed by atoms with E-state index in [1.54, 1.807) is 18.2 Å². The summed E-state index contributed by atoms with van der Waals surface area (Å²) in [5.74, 6) is -0.142. The second kappa shape index (κ2) is 8.63. The average Bonchev–Trinajstić information content (AvgIpc) is 2.66. The van der Waals surface area contributed by atoms with Gasteiger partial charge >= 0.3 is 0 Å². The number of hydrogen-bond acceptors (Lipinski definition) is 3. The first kappa shape index (κ1) is 18.1. The predicted molar refractivity (Wildman–Crippen MR) is 101 cm³/mol. The number of benzene rings is 2. The minimum absolute atomic E-state index is 0.204. The number of para-hydroxylation sites is 1. The van der Waals surface area contributed by atoms with Gasteiger partial charge in [-0.05, 0) is 48.2 Å². The minimum Gasteiger partial charge on any atom is -0.493 e. The molecule has 0 spiro atoms. The Labute approximate surface area is 153 Å². The second-order valence-electron chi connectivity index (χ2n) is 6.35. The molecule has 2 aromatic rings. The van der Waals surface area contributed by atoms with Crippen molar-refractivity contribution < 1.29 is 13.9 Å². The Morgan fingerprint density at radius 2 is 1.92 bits per heavy atom. The van der Waals surface area contributed by atoms with Crippen molar-refractivity contribution in [3.63, 3.8) is 0 Å². The number of carbonyl (C=O) groups excluding carboxylic acids is 1. The first-order valence-electron chi connectivity index (χ1n) is 8.82. The molecule has 136 valence electrons. The molecule has 0 atom stereocenters. The van der Waals surface area contributed by atoms with Crippen LogP contribution in [0, 0.1) is 5.82 Å². The molecule has 3 rings (SSSR count). The molecule has 4 nitrogen and oxygen atoms in total. The van der Waals surface area contributed by atoms with Crippen LogP contribution in [0.25, 0.3) is 5.57 Å². The highest BCUT2D eigenvalue weighted by Gasteiger charge is 2.13. The first-order valence-corrected chi connectivity index (χ1v) is 8.82. The van der Waals surface area contributed by atoms with Gasteiger partial charge in [0, 0.05) is 19.6 Å². The standard InChI is InChI=1S/C21H23FN2O2/c22-18-8-6-16(7-9-18)17-10-13-24(14-11-17)12-3-15-26-20-5-2-1-4-19(20)21(23)25/h1-2,4-10H,3,11-15H2,(H2,23,25). The summed E-state index contributed by atoms with van der Waals surface area (Å²) in [6, 6.07) is 13.7. The van der Waals surface area contributed by atoms with Gasteiger partial charge in [0.05, 0.1) is 12.2 Å².